The molecule has 1 heterocycles. The van der Waals surface area contributed by atoms with Crippen molar-refractivity contribution in [1.29, 1.82) is 0 Å². The van der Waals surface area contributed by atoms with E-state index in [0.29, 0.717) is 0 Å². The standard InChI is InChI=1S/C12H23N3S/c1-13-12(14-8-10-4-2-5-10)15-9-11-6-3-7-16-11/h10-11H,2-9H2,1H3,(H2,13,14,15). The van der Waals surface area contributed by atoms with E-state index in [9.17, 15) is 0 Å². The Balaban J connectivity index is 1.60. The lowest BCUT2D eigenvalue weighted by atomic mass is 9.85. The van der Waals surface area contributed by atoms with Gasteiger partial charge in [-0.1, -0.05) is 6.42 Å². The normalized spacial score (nSPS) is 26.6. The molecule has 2 N–H and O–H groups in total. The summed E-state index contributed by atoms with van der Waals surface area (Å²) < 4.78 is 0. The molecule has 2 rings (SSSR count). The first-order chi connectivity index (χ1) is 7.88. The molecule has 2 aliphatic rings. The van der Waals surface area contributed by atoms with Gasteiger partial charge in [0.15, 0.2) is 5.96 Å². The van der Waals surface area contributed by atoms with Gasteiger partial charge in [-0.15, -0.1) is 0 Å². The van der Waals surface area contributed by atoms with Crippen LogP contribution in [0.4, 0.5) is 0 Å². The van der Waals surface area contributed by atoms with Crippen molar-refractivity contribution in [3.05, 3.63) is 0 Å². The van der Waals surface area contributed by atoms with Crippen molar-refractivity contribution in [3.63, 3.8) is 0 Å². The molecule has 92 valence electrons. The van der Waals surface area contributed by atoms with E-state index in [1.54, 1.807) is 0 Å². The molecule has 0 aromatic heterocycles. The van der Waals surface area contributed by atoms with E-state index in [-0.39, 0.29) is 0 Å². The van der Waals surface area contributed by atoms with E-state index in [2.05, 4.69) is 27.4 Å². The molecule has 4 heteroatoms. The molecule has 1 aliphatic heterocycles. The maximum absolute atomic E-state index is 4.26. The lowest BCUT2D eigenvalue weighted by Crippen LogP contribution is -2.42. The van der Waals surface area contributed by atoms with Gasteiger partial charge in [0.1, 0.15) is 0 Å². The molecule has 0 bridgehead atoms. The first-order valence-corrected chi connectivity index (χ1v) is 7.49. The predicted octanol–water partition coefficient (Wildman–Crippen LogP) is 1.85. The van der Waals surface area contributed by atoms with Crippen molar-refractivity contribution in [2.45, 2.75) is 37.4 Å². The van der Waals surface area contributed by atoms with Gasteiger partial charge in [-0.2, -0.15) is 11.8 Å². The van der Waals surface area contributed by atoms with Crippen LogP contribution in [-0.2, 0) is 0 Å². The molecular formula is C12H23N3S. The van der Waals surface area contributed by atoms with Gasteiger partial charge in [0.25, 0.3) is 0 Å². The fourth-order valence-electron chi connectivity index (χ4n) is 2.17. The third-order valence-corrected chi connectivity index (χ3v) is 4.93. The highest BCUT2D eigenvalue weighted by Crippen LogP contribution is 2.26. The molecular weight excluding hydrogens is 218 g/mol. The number of nitrogens with zero attached hydrogens (tertiary/aromatic N) is 1. The van der Waals surface area contributed by atoms with Crippen LogP contribution in [0.25, 0.3) is 0 Å². The summed E-state index contributed by atoms with van der Waals surface area (Å²) in [7, 11) is 1.86. The molecule has 1 saturated heterocycles. The molecule has 16 heavy (non-hydrogen) atoms. The zero-order valence-electron chi connectivity index (χ0n) is 10.2. The quantitative estimate of drug-likeness (QED) is 0.582. The number of thioether (sulfide) groups is 1. The number of hydrogen-bond acceptors (Lipinski definition) is 2. The second-order valence-electron chi connectivity index (χ2n) is 4.77. The zero-order valence-corrected chi connectivity index (χ0v) is 11.0. The van der Waals surface area contributed by atoms with Crippen LogP contribution in [0.1, 0.15) is 32.1 Å². The van der Waals surface area contributed by atoms with Crippen LogP contribution >= 0.6 is 11.8 Å². The molecule has 0 spiro atoms. The lowest BCUT2D eigenvalue weighted by molar-refractivity contribution is 0.314. The minimum atomic E-state index is 0.794. The molecule has 0 aromatic rings. The Labute approximate surface area is 103 Å². The molecule has 0 radical (unpaired) electrons. The predicted molar refractivity (Wildman–Crippen MR) is 72.2 cm³/mol. The highest BCUT2D eigenvalue weighted by molar-refractivity contribution is 8.00. The smallest absolute Gasteiger partial charge is 0.191 e. The maximum Gasteiger partial charge on any atom is 0.191 e. The lowest BCUT2D eigenvalue weighted by Gasteiger charge is -2.26. The van der Waals surface area contributed by atoms with Crippen LogP contribution < -0.4 is 10.6 Å². The van der Waals surface area contributed by atoms with Gasteiger partial charge < -0.3 is 10.6 Å². The van der Waals surface area contributed by atoms with Crippen LogP contribution in [0.3, 0.4) is 0 Å². The molecule has 1 atom stereocenters. The summed E-state index contributed by atoms with van der Waals surface area (Å²) in [4.78, 5) is 4.26. The van der Waals surface area contributed by atoms with Crippen molar-refractivity contribution in [3.8, 4) is 0 Å². The average molecular weight is 241 g/mol. The Bertz CT molecular complexity index is 232. The molecule has 0 aromatic carbocycles. The van der Waals surface area contributed by atoms with E-state index in [4.69, 9.17) is 0 Å². The molecule has 1 unspecified atom stereocenters. The summed E-state index contributed by atoms with van der Waals surface area (Å²) in [6.07, 6.45) is 6.93. The SMILES string of the molecule is CN=C(NCC1CCC1)NCC1CCCS1. The third-order valence-electron chi connectivity index (χ3n) is 3.53. The minimum Gasteiger partial charge on any atom is -0.356 e. The van der Waals surface area contributed by atoms with Gasteiger partial charge in [0.05, 0.1) is 0 Å². The summed E-state index contributed by atoms with van der Waals surface area (Å²) in [6, 6.07) is 0. The number of nitrogens with one attached hydrogen (secondary N) is 2. The second kappa shape index (κ2) is 6.38. The van der Waals surface area contributed by atoms with Gasteiger partial charge >= 0.3 is 0 Å². The first kappa shape index (κ1) is 12.1. The number of guanidine groups is 1. The summed E-state index contributed by atoms with van der Waals surface area (Å²) in [5, 5.41) is 7.65. The molecule has 1 saturated carbocycles. The van der Waals surface area contributed by atoms with E-state index in [1.807, 2.05) is 7.05 Å². The van der Waals surface area contributed by atoms with Gasteiger partial charge in [-0.25, -0.2) is 0 Å². The fraction of sp³-hybridized carbons (Fsp3) is 0.917. The first-order valence-electron chi connectivity index (χ1n) is 6.44. The van der Waals surface area contributed by atoms with Crippen LogP contribution in [0.5, 0.6) is 0 Å². The van der Waals surface area contributed by atoms with Gasteiger partial charge in [0.2, 0.25) is 0 Å². The maximum atomic E-state index is 4.26. The fourth-order valence-corrected chi connectivity index (χ4v) is 3.38. The molecule has 2 fully saturated rings. The van der Waals surface area contributed by atoms with E-state index >= 15 is 0 Å². The van der Waals surface area contributed by atoms with E-state index in [1.165, 1.54) is 37.9 Å². The van der Waals surface area contributed by atoms with Crippen LogP contribution in [0, 0.1) is 5.92 Å². The van der Waals surface area contributed by atoms with Crippen molar-refractivity contribution < 1.29 is 0 Å². The van der Waals surface area contributed by atoms with E-state index in [0.717, 1.165) is 30.2 Å². The van der Waals surface area contributed by atoms with Gasteiger partial charge in [0, 0.05) is 25.4 Å². The molecule has 0 amide bonds. The van der Waals surface area contributed by atoms with Crippen LogP contribution in [-0.4, -0.2) is 37.1 Å². The summed E-state index contributed by atoms with van der Waals surface area (Å²) >= 11 is 2.09. The van der Waals surface area contributed by atoms with Gasteiger partial charge in [-0.3, -0.25) is 4.99 Å². The number of hydrogen-bond donors (Lipinski definition) is 2. The van der Waals surface area contributed by atoms with E-state index < -0.39 is 0 Å². The van der Waals surface area contributed by atoms with Crippen molar-refractivity contribution in [2.24, 2.45) is 10.9 Å². The van der Waals surface area contributed by atoms with Crippen LogP contribution in [0.15, 0.2) is 4.99 Å². The summed E-state index contributed by atoms with van der Waals surface area (Å²) in [5.41, 5.74) is 0. The summed E-state index contributed by atoms with van der Waals surface area (Å²) in [5.74, 6) is 3.21. The van der Waals surface area contributed by atoms with Crippen molar-refractivity contribution >= 4 is 17.7 Å². The molecule has 1 aliphatic carbocycles. The average Bonchev–Trinajstić information content (AvgIpc) is 2.73. The Hall–Kier alpha value is -0.380. The van der Waals surface area contributed by atoms with Crippen molar-refractivity contribution in [2.75, 3.05) is 25.9 Å². The number of aliphatic imine (C=N–C) groups is 1. The highest BCUT2D eigenvalue weighted by atomic mass is 32.2. The van der Waals surface area contributed by atoms with Crippen LogP contribution in [0.2, 0.25) is 0 Å². The Morgan fingerprint density at radius 2 is 2.00 bits per heavy atom. The second-order valence-corrected chi connectivity index (χ2v) is 6.17. The summed E-state index contributed by atoms with van der Waals surface area (Å²) in [6.45, 7) is 2.16. The molecule has 3 nitrogen and oxygen atoms in total. The highest BCUT2D eigenvalue weighted by Gasteiger charge is 2.18. The third kappa shape index (κ3) is 3.58. The monoisotopic (exact) mass is 241 g/mol. The Kier molecular flexibility index (Phi) is 4.82. The Morgan fingerprint density at radius 1 is 1.19 bits per heavy atom. The zero-order chi connectivity index (χ0) is 11.2. The Morgan fingerprint density at radius 3 is 2.56 bits per heavy atom. The topological polar surface area (TPSA) is 36.4 Å². The minimum absolute atomic E-state index is 0.794. The largest absolute Gasteiger partial charge is 0.356 e. The number of rotatable bonds is 4. The van der Waals surface area contributed by atoms with Crippen molar-refractivity contribution in [1.82, 2.24) is 10.6 Å². The van der Waals surface area contributed by atoms with Gasteiger partial charge in [-0.05, 0) is 37.4 Å².